The first kappa shape index (κ1) is 22.9. The quantitative estimate of drug-likeness (QED) is 0.594. The lowest BCUT2D eigenvalue weighted by Gasteiger charge is -2.22. The summed E-state index contributed by atoms with van der Waals surface area (Å²) in [6, 6.07) is 12.8. The summed E-state index contributed by atoms with van der Waals surface area (Å²) >= 11 is 0. The fourth-order valence-electron chi connectivity index (χ4n) is 3.57. The van der Waals surface area contributed by atoms with Gasteiger partial charge in [-0.05, 0) is 55.3 Å². The molecule has 1 fully saturated rings. The van der Waals surface area contributed by atoms with Crippen LogP contribution in [0.15, 0.2) is 53.4 Å². The molecule has 0 aliphatic carbocycles. The smallest absolute Gasteiger partial charge is 0.264 e. The number of carbonyl (C=O) groups excluding carboxylic acids is 2. The van der Waals surface area contributed by atoms with E-state index in [2.05, 4.69) is 5.32 Å². The SMILES string of the molecule is CON(C)S(=O)(=O)c1cccc(C(=O)Nc2cccc(CN3CCCC3C(N)=O)c2)c1. The first-order chi connectivity index (χ1) is 14.7. The van der Waals surface area contributed by atoms with Crippen LogP contribution in [0.5, 0.6) is 0 Å². The van der Waals surface area contributed by atoms with Crippen molar-refractivity contribution in [2.75, 3.05) is 26.0 Å². The molecule has 3 rings (SSSR count). The number of benzene rings is 2. The van der Waals surface area contributed by atoms with E-state index in [1.165, 1.54) is 38.4 Å². The predicted octanol–water partition coefficient (Wildman–Crippen LogP) is 1.57. The fraction of sp³-hybridized carbons (Fsp3) is 0.333. The highest BCUT2D eigenvalue weighted by Crippen LogP contribution is 2.22. The molecule has 1 unspecified atom stereocenters. The number of likely N-dealkylation sites (tertiary alicyclic amines) is 1. The molecule has 0 aromatic heterocycles. The second-order valence-electron chi connectivity index (χ2n) is 7.31. The average Bonchev–Trinajstić information content (AvgIpc) is 3.21. The third-order valence-corrected chi connectivity index (χ3v) is 6.93. The molecule has 1 heterocycles. The number of hydrogen-bond acceptors (Lipinski definition) is 6. The molecule has 2 amide bonds. The number of nitrogens with zero attached hydrogens (tertiary/aromatic N) is 2. The van der Waals surface area contributed by atoms with Gasteiger partial charge in [0, 0.05) is 24.8 Å². The molecule has 1 aliphatic rings. The second kappa shape index (κ2) is 9.56. The molecule has 3 N–H and O–H groups in total. The van der Waals surface area contributed by atoms with E-state index in [1.807, 2.05) is 23.1 Å². The van der Waals surface area contributed by atoms with Crippen LogP contribution in [0.4, 0.5) is 5.69 Å². The van der Waals surface area contributed by atoms with Crippen LogP contribution in [0.3, 0.4) is 0 Å². The first-order valence-corrected chi connectivity index (χ1v) is 11.2. The van der Waals surface area contributed by atoms with E-state index in [9.17, 15) is 18.0 Å². The van der Waals surface area contributed by atoms with Gasteiger partial charge in [0.25, 0.3) is 15.9 Å². The van der Waals surface area contributed by atoms with Gasteiger partial charge in [-0.15, -0.1) is 0 Å². The summed E-state index contributed by atoms with van der Waals surface area (Å²) in [6.07, 6.45) is 1.67. The highest BCUT2D eigenvalue weighted by molar-refractivity contribution is 7.89. The summed E-state index contributed by atoms with van der Waals surface area (Å²) in [7, 11) is -1.34. The molecular formula is C21H26N4O5S. The second-order valence-corrected chi connectivity index (χ2v) is 9.25. The third kappa shape index (κ3) is 5.28. The van der Waals surface area contributed by atoms with Gasteiger partial charge in [0.15, 0.2) is 0 Å². The maximum atomic E-state index is 12.7. The van der Waals surface area contributed by atoms with Crippen LogP contribution in [0, 0.1) is 0 Å². The lowest BCUT2D eigenvalue weighted by Crippen LogP contribution is -2.39. The maximum Gasteiger partial charge on any atom is 0.264 e. The molecule has 1 aliphatic heterocycles. The van der Waals surface area contributed by atoms with Gasteiger partial charge in [-0.3, -0.25) is 19.3 Å². The molecule has 0 spiro atoms. The Morgan fingerprint density at radius 1 is 1.23 bits per heavy atom. The van der Waals surface area contributed by atoms with E-state index < -0.39 is 15.9 Å². The molecule has 31 heavy (non-hydrogen) atoms. The standard InChI is InChI=1S/C21H26N4O5S/c1-24(30-2)31(28,29)18-9-4-7-16(13-18)21(27)23-17-8-3-6-15(12-17)14-25-11-5-10-19(25)20(22)26/h3-4,6-9,12-13,19H,5,10-11,14H2,1-2H3,(H2,22,26)(H,23,27). The van der Waals surface area contributed by atoms with Gasteiger partial charge in [0.05, 0.1) is 18.0 Å². The minimum Gasteiger partial charge on any atom is -0.368 e. The van der Waals surface area contributed by atoms with Crippen molar-refractivity contribution in [2.45, 2.75) is 30.3 Å². The van der Waals surface area contributed by atoms with Crippen molar-refractivity contribution >= 4 is 27.5 Å². The predicted molar refractivity (Wildman–Crippen MR) is 115 cm³/mol. The number of hydroxylamine groups is 1. The van der Waals surface area contributed by atoms with E-state index in [0.29, 0.717) is 12.2 Å². The zero-order chi connectivity index (χ0) is 22.6. The molecule has 166 valence electrons. The number of carbonyl (C=O) groups is 2. The molecule has 9 nitrogen and oxygen atoms in total. The number of amides is 2. The van der Waals surface area contributed by atoms with Gasteiger partial charge in [-0.2, -0.15) is 0 Å². The van der Waals surface area contributed by atoms with Gasteiger partial charge in [-0.1, -0.05) is 22.7 Å². The lowest BCUT2D eigenvalue weighted by atomic mass is 10.1. The normalized spacial score (nSPS) is 17.1. The number of anilines is 1. The van der Waals surface area contributed by atoms with Gasteiger partial charge < -0.3 is 11.1 Å². The molecule has 2 aromatic rings. The van der Waals surface area contributed by atoms with Gasteiger partial charge >= 0.3 is 0 Å². The Kier molecular flexibility index (Phi) is 7.06. The molecule has 2 aromatic carbocycles. The number of nitrogens with one attached hydrogen (secondary N) is 1. The molecule has 1 saturated heterocycles. The summed E-state index contributed by atoms with van der Waals surface area (Å²) in [6.45, 7) is 1.34. The molecule has 0 saturated carbocycles. The maximum absolute atomic E-state index is 12.7. The molecule has 0 bridgehead atoms. The van der Waals surface area contributed by atoms with E-state index in [1.54, 1.807) is 6.07 Å². The number of primary amides is 1. The van der Waals surface area contributed by atoms with E-state index in [0.717, 1.165) is 29.4 Å². The van der Waals surface area contributed by atoms with Crippen LogP contribution in [0.2, 0.25) is 0 Å². The summed E-state index contributed by atoms with van der Waals surface area (Å²) in [4.78, 5) is 31.1. The van der Waals surface area contributed by atoms with Crippen molar-refractivity contribution in [3.63, 3.8) is 0 Å². The van der Waals surface area contributed by atoms with E-state index in [-0.39, 0.29) is 22.4 Å². The van der Waals surface area contributed by atoms with Crippen molar-refractivity contribution in [1.29, 1.82) is 0 Å². The third-order valence-electron chi connectivity index (χ3n) is 5.25. The van der Waals surface area contributed by atoms with Crippen molar-refractivity contribution in [1.82, 2.24) is 9.37 Å². The topological polar surface area (TPSA) is 122 Å². The van der Waals surface area contributed by atoms with Crippen LogP contribution in [-0.4, -0.2) is 56.3 Å². The highest BCUT2D eigenvalue weighted by atomic mass is 32.2. The van der Waals surface area contributed by atoms with Crippen LogP contribution in [-0.2, 0) is 26.2 Å². The van der Waals surface area contributed by atoms with Crippen molar-refractivity contribution < 1.29 is 22.8 Å². The minimum absolute atomic E-state index is 0.0511. The number of sulfonamides is 1. The first-order valence-electron chi connectivity index (χ1n) is 9.79. The van der Waals surface area contributed by atoms with Crippen molar-refractivity contribution in [2.24, 2.45) is 5.73 Å². The zero-order valence-electron chi connectivity index (χ0n) is 17.4. The molecule has 10 heteroatoms. The Morgan fingerprint density at radius 2 is 1.97 bits per heavy atom. The highest BCUT2D eigenvalue weighted by Gasteiger charge is 2.28. The number of rotatable bonds is 8. The zero-order valence-corrected chi connectivity index (χ0v) is 18.3. The Morgan fingerprint density at radius 3 is 2.68 bits per heavy atom. The molecular weight excluding hydrogens is 420 g/mol. The summed E-state index contributed by atoms with van der Waals surface area (Å²) in [5.41, 5.74) is 7.18. The number of nitrogens with two attached hydrogens (primary N) is 1. The van der Waals surface area contributed by atoms with Crippen LogP contribution in [0.1, 0.15) is 28.8 Å². The average molecular weight is 447 g/mol. The Hall–Kier alpha value is -2.79. The monoisotopic (exact) mass is 446 g/mol. The van der Waals surface area contributed by atoms with Crippen LogP contribution in [0.25, 0.3) is 0 Å². The Labute approximate surface area is 181 Å². The van der Waals surface area contributed by atoms with Crippen molar-refractivity contribution in [3.8, 4) is 0 Å². The Balaban J connectivity index is 1.74. The van der Waals surface area contributed by atoms with Gasteiger partial charge in [0.2, 0.25) is 5.91 Å². The van der Waals surface area contributed by atoms with Crippen molar-refractivity contribution in [3.05, 3.63) is 59.7 Å². The van der Waals surface area contributed by atoms with E-state index in [4.69, 9.17) is 10.6 Å². The van der Waals surface area contributed by atoms with Crippen LogP contribution < -0.4 is 11.1 Å². The van der Waals surface area contributed by atoms with Crippen LogP contribution >= 0.6 is 0 Å². The summed E-state index contributed by atoms with van der Waals surface area (Å²) in [5, 5.41) is 2.79. The van der Waals surface area contributed by atoms with Gasteiger partial charge in [0.1, 0.15) is 0 Å². The largest absolute Gasteiger partial charge is 0.368 e. The summed E-state index contributed by atoms with van der Waals surface area (Å²) in [5.74, 6) is -0.763. The van der Waals surface area contributed by atoms with Gasteiger partial charge in [-0.25, -0.2) is 8.42 Å². The lowest BCUT2D eigenvalue weighted by molar-refractivity contribution is -0.122. The Bertz CT molecular complexity index is 1070. The molecule has 1 atom stereocenters. The number of hydrogen-bond donors (Lipinski definition) is 2. The van der Waals surface area contributed by atoms with E-state index >= 15 is 0 Å². The summed E-state index contributed by atoms with van der Waals surface area (Å²) < 4.78 is 25.6. The minimum atomic E-state index is -3.86. The molecule has 0 radical (unpaired) electrons. The fourth-order valence-corrected chi connectivity index (χ4v) is 4.59.